The predicted molar refractivity (Wildman–Crippen MR) is 79.7 cm³/mol. The van der Waals surface area contributed by atoms with Crippen LogP contribution in [0.15, 0.2) is 54.6 Å². The monoisotopic (exact) mass is 258 g/mol. The largest absolute Gasteiger partial charge is 0.192 e. The second-order valence-corrected chi connectivity index (χ2v) is 4.48. The van der Waals surface area contributed by atoms with Crippen LogP contribution in [-0.2, 0) is 6.42 Å². The predicted octanol–water partition coefficient (Wildman–Crippen LogP) is 4.08. The molecule has 0 heterocycles. The molecule has 0 aromatic heterocycles. The molecule has 0 aliphatic heterocycles. The normalized spacial score (nSPS) is 10.1. The maximum absolute atomic E-state index is 8.72. The molecule has 0 aliphatic carbocycles. The summed E-state index contributed by atoms with van der Waals surface area (Å²) in [5, 5.41) is 17.4. The first kappa shape index (κ1) is 13.6. The highest BCUT2D eigenvalue weighted by Gasteiger charge is 1.93. The highest BCUT2D eigenvalue weighted by atomic mass is 14.2. The van der Waals surface area contributed by atoms with Crippen LogP contribution < -0.4 is 0 Å². The number of aryl methyl sites for hydroxylation is 1. The molecule has 0 spiro atoms. The van der Waals surface area contributed by atoms with E-state index in [9.17, 15) is 0 Å². The number of benzene rings is 2. The summed E-state index contributed by atoms with van der Waals surface area (Å²) >= 11 is 0. The molecule has 0 aliphatic rings. The Hall–Kier alpha value is -2.84. The SMILES string of the molecule is N#Cc1ccc(/C=C/CCc2ccc(C#N)cc2)cc1. The Labute approximate surface area is 119 Å². The van der Waals surface area contributed by atoms with Crippen molar-refractivity contribution in [2.24, 2.45) is 0 Å². The minimum absolute atomic E-state index is 0.680. The molecule has 20 heavy (non-hydrogen) atoms. The maximum atomic E-state index is 8.72. The van der Waals surface area contributed by atoms with Gasteiger partial charge in [-0.3, -0.25) is 0 Å². The van der Waals surface area contributed by atoms with E-state index in [1.807, 2.05) is 48.5 Å². The number of nitriles is 2. The summed E-state index contributed by atoms with van der Waals surface area (Å²) in [6.45, 7) is 0. The van der Waals surface area contributed by atoms with Crippen LogP contribution in [0.2, 0.25) is 0 Å². The lowest BCUT2D eigenvalue weighted by molar-refractivity contribution is 1.00. The summed E-state index contributed by atoms with van der Waals surface area (Å²) in [5.74, 6) is 0. The van der Waals surface area contributed by atoms with Gasteiger partial charge in [-0.15, -0.1) is 0 Å². The van der Waals surface area contributed by atoms with Crippen LogP contribution in [0.25, 0.3) is 6.08 Å². The fourth-order valence-electron chi connectivity index (χ4n) is 1.88. The van der Waals surface area contributed by atoms with Crippen molar-refractivity contribution >= 4 is 6.08 Å². The lowest BCUT2D eigenvalue weighted by Gasteiger charge is -1.98. The molecular weight excluding hydrogens is 244 g/mol. The van der Waals surface area contributed by atoms with E-state index in [1.165, 1.54) is 5.56 Å². The Balaban J connectivity index is 1.86. The lowest BCUT2D eigenvalue weighted by atomic mass is 10.1. The van der Waals surface area contributed by atoms with Gasteiger partial charge in [0.15, 0.2) is 0 Å². The summed E-state index contributed by atoms with van der Waals surface area (Å²) < 4.78 is 0. The van der Waals surface area contributed by atoms with Gasteiger partial charge in [0, 0.05) is 0 Å². The van der Waals surface area contributed by atoms with Gasteiger partial charge in [-0.25, -0.2) is 0 Å². The van der Waals surface area contributed by atoms with E-state index in [4.69, 9.17) is 10.5 Å². The first-order valence-corrected chi connectivity index (χ1v) is 6.47. The maximum Gasteiger partial charge on any atom is 0.0991 e. The minimum Gasteiger partial charge on any atom is -0.192 e. The van der Waals surface area contributed by atoms with Crippen molar-refractivity contribution in [2.75, 3.05) is 0 Å². The van der Waals surface area contributed by atoms with Crippen LogP contribution in [-0.4, -0.2) is 0 Å². The summed E-state index contributed by atoms with van der Waals surface area (Å²) in [4.78, 5) is 0. The van der Waals surface area contributed by atoms with Crippen molar-refractivity contribution in [3.8, 4) is 12.1 Å². The third-order valence-electron chi connectivity index (χ3n) is 3.03. The molecule has 2 aromatic rings. The smallest absolute Gasteiger partial charge is 0.0991 e. The molecule has 0 fully saturated rings. The molecule has 0 saturated carbocycles. The second kappa shape index (κ2) is 6.92. The molecule has 2 nitrogen and oxygen atoms in total. The van der Waals surface area contributed by atoms with Gasteiger partial charge in [0.05, 0.1) is 23.3 Å². The van der Waals surface area contributed by atoms with E-state index in [2.05, 4.69) is 24.3 Å². The van der Waals surface area contributed by atoms with E-state index in [-0.39, 0.29) is 0 Å². The van der Waals surface area contributed by atoms with E-state index in [0.717, 1.165) is 18.4 Å². The molecule has 2 aromatic carbocycles. The van der Waals surface area contributed by atoms with Crippen molar-refractivity contribution in [3.63, 3.8) is 0 Å². The fraction of sp³-hybridized carbons (Fsp3) is 0.111. The number of hydrogen-bond acceptors (Lipinski definition) is 2. The van der Waals surface area contributed by atoms with Crippen molar-refractivity contribution in [1.29, 1.82) is 10.5 Å². The molecule has 0 N–H and O–H groups in total. The van der Waals surface area contributed by atoms with E-state index in [0.29, 0.717) is 11.1 Å². The Bertz CT molecular complexity index is 665. The van der Waals surface area contributed by atoms with Crippen LogP contribution in [0, 0.1) is 22.7 Å². The van der Waals surface area contributed by atoms with Crippen LogP contribution >= 0.6 is 0 Å². The average Bonchev–Trinajstić information content (AvgIpc) is 2.53. The summed E-state index contributed by atoms with van der Waals surface area (Å²) in [5.41, 5.74) is 3.71. The van der Waals surface area contributed by atoms with Gasteiger partial charge in [-0.05, 0) is 48.2 Å². The molecule has 0 atom stereocenters. The molecule has 2 heteroatoms. The van der Waals surface area contributed by atoms with Gasteiger partial charge in [0.25, 0.3) is 0 Å². The highest BCUT2D eigenvalue weighted by molar-refractivity contribution is 5.50. The van der Waals surface area contributed by atoms with E-state index >= 15 is 0 Å². The molecule has 2 rings (SSSR count). The molecular formula is C18H14N2. The molecule has 0 unspecified atom stereocenters. The standard InChI is InChI=1S/C18H14N2/c19-13-17-9-5-15(6-10-17)3-1-2-4-16-7-11-18(14-20)12-8-16/h1,3,5-12H,2,4H2/b3-1+. The van der Waals surface area contributed by atoms with Crippen LogP contribution in [0.3, 0.4) is 0 Å². The van der Waals surface area contributed by atoms with Gasteiger partial charge < -0.3 is 0 Å². The topological polar surface area (TPSA) is 47.6 Å². The van der Waals surface area contributed by atoms with E-state index in [1.54, 1.807) is 0 Å². The minimum atomic E-state index is 0.680. The Morgan fingerprint density at radius 2 is 1.35 bits per heavy atom. The van der Waals surface area contributed by atoms with Gasteiger partial charge in [-0.1, -0.05) is 36.4 Å². The van der Waals surface area contributed by atoms with Crippen molar-refractivity contribution in [2.45, 2.75) is 12.8 Å². The van der Waals surface area contributed by atoms with Crippen LogP contribution in [0.4, 0.5) is 0 Å². The van der Waals surface area contributed by atoms with Crippen LogP contribution in [0.1, 0.15) is 28.7 Å². The number of nitrogens with zero attached hydrogens (tertiary/aromatic N) is 2. The average molecular weight is 258 g/mol. The summed E-state index contributed by atoms with van der Waals surface area (Å²) in [6, 6.07) is 19.4. The Morgan fingerprint density at radius 1 is 0.800 bits per heavy atom. The van der Waals surface area contributed by atoms with E-state index < -0.39 is 0 Å². The molecule has 0 radical (unpaired) electrons. The first-order valence-electron chi connectivity index (χ1n) is 6.47. The molecule has 0 bridgehead atoms. The third-order valence-corrected chi connectivity index (χ3v) is 3.03. The zero-order valence-electron chi connectivity index (χ0n) is 11.1. The molecule has 0 amide bonds. The second-order valence-electron chi connectivity index (χ2n) is 4.48. The zero-order chi connectivity index (χ0) is 14.2. The summed E-state index contributed by atoms with van der Waals surface area (Å²) in [7, 11) is 0. The van der Waals surface area contributed by atoms with Crippen molar-refractivity contribution < 1.29 is 0 Å². The first-order chi connectivity index (χ1) is 9.81. The number of hydrogen-bond donors (Lipinski definition) is 0. The van der Waals surface area contributed by atoms with Gasteiger partial charge >= 0.3 is 0 Å². The Morgan fingerprint density at radius 3 is 1.90 bits per heavy atom. The quantitative estimate of drug-likeness (QED) is 0.829. The Kier molecular flexibility index (Phi) is 4.70. The third kappa shape index (κ3) is 3.83. The lowest BCUT2D eigenvalue weighted by Crippen LogP contribution is -1.83. The van der Waals surface area contributed by atoms with Crippen LogP contribution in [0.5, 0.6) is 0 Å². The van der Waals surface area contributed by atoms with Crippen molar-refractivity contribution in [1.82, 2.24) is 0 Å². The zero-order valence-corrected chi connectivity index (χ0v) is 11.1. The number of allylic oxidation sites excluding steroid dienone is 1. The molecule has 0 saturated heterocycles. The van der Waals surface area contributed by atoms with Gasteiger partial charge in [0.2, 0.25) is 0 Å². The van der Waals surface area contributed by atoms with Gasteiger partial charge in [-0.2, -0.15) is 10.5 Å². The molecule has 96 valence electrons. The van der Waals surface area contributed by atoms with Crippen molar-refractivity contribution in [3.05, 3.63) is 76.9 Å². The van der Waals surface area contributed by atoms with Gasteiger partial charge in [0.1, 0.15) is 0 Å². The summed E-state index contributed by atoms with van der Waals surface area (Å²) in [6.07, 6.45) is 6.09. The fourth-order valence-corrected chi connectivity index (χ4v) is 1.88. The number of rotatable bonds is 4. The highest BCUT2D eigenvalue weighted by Crippen LogP contribution is 2.09.